The van der Waals surface area contributed by atoms with Gasteiger partial charge in [-0.1, -0.05) is 72.4 Å². The third-order valence-corrected chi connectivity index (χ3v) is 6.24. The van der Waals surface area contributed by atoms with Gasteiger partial charge in [-0.25, -0.2) is 4.98 Å². The van der Waals surface area contributed by atoms with Crippen molar-refractivity contribution in [2.24, 2.45) is 0 Å². The van der Waals surface area contributed by atoms with Crippen molar-refractivity contribution in [1.82, 2.24) is 14.3 Å². The molecular formula is C19H14N4OS3. The fraction of sp³-hybridized carbons (Fsp3) is 0.0526. The van der Waals surface area contributed by atoms with Crippen molar-refractivity contribution >= 4 is 45.7 Å². The van der Waals surface area contributed by atoms with E-state index in [9.17, 15) is 4.79 Å². The van der Waals surface area contributed by atoms with E-state index in [4.69, 9.17) is 0 Å². The zero-order chi connectivity index (χ0) is 18.5. The molecule has 0 saturated carbocycles. The molecule has 0 bridgehead atoms. The third kappa shape index (κ3) is 4.60. The Morgan fingerprint density at radius 2 is 1.67 bits per heavy atom. The number of thiazole rings is 1. The Labute approximate surface area is 168 Å². The highest BCUT2D eigenvalue weighted by Crippen LogP contribution is 2.28. The molecule has 8 heteroatoms. The second kappa shape index (κ2) is 8.43. The van der Waals surface area contributed by atoms with Crippen LogP contribution in [0.5, 0.6) is 0 Å². The number of hydrogen-bond acceptors (Lipinski definition) is 7. The van der Waals surface area contributed by atoms with E-state index < -0.39 is 0 Å². The normalized spacial score (nSPS) is 10.7. The lowest BCUT2D eigenvalue weighted by atomic mass is 10.2. The summed E-state index contributed by atoms with van der Waals surface area (Å²) in [6, 6.07) is 19.7. The standard InChI is InChI=1S/C19H14N4OS3/c24-16(21-18-22-17(23-27-18)14-9-5-2-6-10-14)12-26-19-20-15(11-25-19)13-7-3-1-4-8-13/h1-11H,12H2,(H,21,22,23,24). The lowest BCUT2D eigenvalue weighted by Crippen LogP contribution is -2.13. The van der Waals surface area contributed by atoms with Crippen LogP contribution in [0.3, 0.4) is 0 Å². The van der Waals surface area contributed by atoms with Crippen LogP contribution in [0, 0.1) is 0 Å². The first kappa shape index (κ1) is 17.8. The number of hydrogen-bond donors (Lipinski definition) is 1. The van der Waals surface area contributed by atoms with Gasteiger partial charge in [-0.3, -0.25) is 10.1 Å². The van der Waals surface area contributed by atoms with Crippen LogP contribution in [0.1, 0.15) is 0 Å². The molecule has 0 radical (unpaired) electrons. The summed E-state index contributed by atoms with van der Waals surface area (Å²) in [6.07, 6.45) is 0. The van der Waals surface area contributed by atoms with Gasteiger partial charge in [0.2, 0.25) is 11.0 Å². The second-order valence-electron chi connectivity index (χ2n) is 5.49. The number of benzene rings is 2. The first-order valence-electron chi connectivity index (χ1n) is 8.11. The van der Waals surface area contributed by atoms with Crippen LogP contribution in [-0.4, -0.2) is 26.0 Å². The monoisotopic (exact) mass is 410 g/mol. The molecule has 5 nitrogen and oxygen atoms in total. The van der Waals surface area contributed by atoms with E-state index in [-0.39, 0.29) is 11.7 Å². The van der Waals surface area contributed by atoms with Crippen molar-refractivity contribution in [2.45, 2.75) is 4.34 Å². The van der Waals surface area contributed by atoms with E-state index in [1.54, 1.807) is 11.3 Å². The Balaban J connectivity index is 1.33. The summed E-state index contributed by atoms with van der Waals surface area (Å²) in [7, 11) is 0. The van der Waals surface area contributed by atoms with Crippen LogP contribution in [0.4, 0.5) is 5.13 Å². The van der Waals surface area contributed by atoms with Gasteiger partial charge in [-0.2, -0.15) is 9.36 Å². The van der Waals surface area contributed by atoms with Gasteiger partial charge in [0.25, 0.3) is 0 Å². The largest absolute Gasteiger partial charge is 0.300 e. The van der Waals surface area contributed by atoms with Gasteiger partial charge in [0.15, 0.2) is 10.2 Å². The molecule has 0 spiro atoms. The van der Waals surface area contributed by atoms with Crippen molar-refractivity contribution in [3.8, 4) is 22.6 Å². The molecule has 2 heterocycles. The SMILES string of the molecule is O=C(CSc1nc(-c2ccccc2)cs1)Nc1nc(-c2ccccc2)ns1. The Bertz CT molecular complexity index is 1030. The molecule has 0 saturated heterocycles. The fourth-order valence-electron chi connectivity index (χ4n) is 2.33. The minimum absolute atomic E-state index is 0.118. The van der Waals surface area contributed by atoms with E-state index >= 15 is 0 Å². The van der Waals surface area contributed by atoms with E-state index in [0.717, 1.165) is 21.2 Å². The van der Waals surface area contributed by atoms with Crippen molar-refractivity contribution in [2.75, 3.05) is 11.1 Å². The molecule has 1 amide bonds. The minimum Gasteiger partial charge on any atom is -0.300 e. The summed E-state index contributed by atoms with van der Waals surface area (Å²) in [5.41, 5.74) is 2.94. The Morgan fingerprint density at radius 1 is 0.963 bits per heavy atom. The zero-order valence-electron chi connectivity index (χ0n) is 14.0. The maximum atomic E-state index is 12.2. The summed E-state index contributed by atoms with van der Waals surface area (Å²) in [5.74, 6) is 0.783. The molecule has 27 heavy (non-hydrogen) atoms. The van der Waals surface area contributed by atoms with E-state index in [1.165, 1.54) is 23.3 Å². The first-order valence-corrected chi connectivity index (χ1v) is 10.7. The smallest absolute Gasteiger partial charge is 0.236 e. The average Bonchev–Trinajstić information content (AvgIpc) is 3.37. The van der Waals surface area contributed by atoms with Crippen LogP contribution in [-0.2, 0) is 4.79 Å². The third-order valence-electron chi connectivity index (χ3n) is 3.58. The molecule has 0 atom stereocenters. The maximum absolute atomic E-state index is 12.2. The van der Waals surface area contributed by atoms with Crippen LogP contribution < -0.4 is 5.32 Å². The van der Waals surface area contributed by atoms with Crippen molar-refractivity contribution in [3.05, 3.63) is 66.0 Å². The number of carbonyl (C=O) groups is 1. The number of aromatic nitrogens is 3. The first-order chi connectivity index (χ1) is 13.3. The van der Waals surface area contributed by atoms with Crippen molar-refractivity contribution in [1.29, 1.82) is 0 Å². The lowest BCUT2D eigenvalue weighted by Gasteiger charge is -1.99. The van der Waals surface area contributed by atoms with E-state index in [0.29, 0.717) is 11.0 Å². The molecule has 0 unspecified atom stereocenters. The minimum atomic E-state index is -0.118. The summed E-state index contributed by atoms with van der Waals surface area (Å²) in [5, 5.41) is 5.31. The van der Waals surface area contributed by atoms with Crippen LogP contribution >= 0.6 is 34.6 Å². The lowest BCUT2D eigenvalue weighted by molar-refractivity contribution is -0.113. The number of rotatable bonds is 6. The summed E-state index contributed by atoms with van der Waals surface area (Å²) >= 11 is 4.14. The summed E-state index contributed by atoms with van der Waals surface area (Å²) < 4.78 is 5.16. The van der Waals surface area contributed by atoms with E-state index in [1.807, 2.05) is 66.0 Å². The Morgan fingerprint density at radius 3 is 2.41 bits per heavy atom. The molecule has 2 aromatic carbocycles. The van der Waals surface area contributed by atoms with Gasteiger partial charge in [0, 0.05) is 28.0 Å². The van der Waals surface area contributed by atoms with Gasteiger partial charge in [-0.15, -0.1) is 11.3 Å². The van der Waals surface area contributed by atoms with Gasteiger partial charge in [0.1, 0.15) is 0 Å². The molecule has 4 rings (SSSR count). The van der Waals surface area contributed by atoms with Gasteiger partial charge in [0.05, 0.1) is 11.4 Å². The Hall–Kier alpha value is -2.55. The number of amides is 1. The molecule has 4 aromatic rings. The second-order valence-corrected chi connectivity index (χ2v) is 8.32. The number of nitrogens with zero attached hydrogens (tertiary/aromatic N) is 3. The van der Waals surface area contributed by atoms with Crippen molar-refractivity contribution in [3.63, 3.8) is 0 Å². The Kier molecular flexibility index (Phi) is 5.57. The average molecular weight is 411 g/mol. The van der Waals surface area contributed by atoms with E-state index in [2.05, 4.69) is 19.7 Å². The molecule has 134 valence electrons. The molecule has 0 aliphatic rings. The number of thioether (sulfide) groups is 1. The van der Waals surface area contributed by atoms with Crippen LogP contribution in [0.2, 0.25) is 0 Å². The van der Waals surface area contributed by atoms with Gasteiger partial charge < -0.3 is 0 Å². The van der Waals surface area contributed by atoms with Gasteiger partial charge in [-0.05, 0) is 0 Å². The number of anilines is 1. The maximum Gasteiger partial charge on any atom is 0.236 e. The predicted octanol–water partition coefficient (Wildman–Crippen LogP) is 5.06. The number of carbonyl (C=O) groups excluding carboxylic acids is 1. The van der Waals surface area contributed by atoms with Gasteiger partial charge >= 0.3 is 0 Å². The molecule has 0 aliphatic heterocycles. The highest BCUT2D eigenvalue weighted by molar-refractivity contribution is 8.01. The zero-order valence-corrected chi connectivity index (χ0v) is 16.5. The highest BCUT2D eigenvalue weighted by atomic mass is 32.2. The molecule has 0 aliphatic carbocycles. The molecular weight excluding hydrogens is 396 g/mol. The molecule has 0 fully saturated rings. The predicted molar refractivity (Wildman–Crippen MR) is 112 cm³/mol. The van der Waals surface area contributed by atoms with Crippen LogP contribution in [0.15, 0.2) is 70.4 Å². The van der Waals surface area contributed by atoms with Crippen molar-refractivity contribution < 1.29 is 4.79 Å². The summed E-state index contributed by atoms with van der Waals surface area (Å²) in [6.45, 7) is 0. The molecule has 1 N–H and O–H groups in total. The highest BCUT2D eigenvalue weighted by Gasteiger charge is 2.11. The topological polar surface area (TPSA) is 67.8 Å². The fourth-order valence-corrected chi connectivity index (χ4v) is 4.57. The molecule has 2 aromatic heterocycles. The summed E-state index contributed by atoms with van der Waals surface area (Å²) in [4.78, 5) is 21.1. The quantitative estimate of drug-likeness (QED) is 0.450. The van der Waals surface area contributed by atoms with Crippen LogP contribution in [0.25, 0.3) is 22.6 Å². The number of nitrogens with one attached hydrogen (secondary N) is 1.